The minimum atomic E-state index is -0.525. The molecular formula is C11H14ClNO2. The van der Waals surface area contributed by atoms with Gasteiger partial charge in [0.25, 0.3) is 5.91 Å². The van der Waals surface area contributed by atoms with E-state index in [1.807, 2.05) is 13.8 Å². The fraction of sp³-hybridized carbons (Fsp3) is 0.364. The molecule has 0 atom stereocenters. The van der Waals surface area contributed by atoms with Crippen molar-refractivity contribution in [1.82, 2.24) is 0 Å². The summed E-state index contributed by atoms with van der Waals surface area (Å²) in [5.41, 5.74) is 6.43. The summed E-state index contributed by atoms with van der Waals surface area (Å²) < 4.78 is 5.42. The van der Waals surface area contributed by atoms with Crippen molar-refractivity contribution < 1.29 is 9.53 Å². The molecule has 0 radical (unpaired) electrons. The van der Waals surface area contributed by atoms with Crippen LogP contribution >= 0.6 is 11.6 Å². The smallest absolute Gasteiger partial charge is 0.252 e. The number of halogens is 1. The van der Waals surface area contributed by atoms with E-state index in [9.17, 15) is 4.79 Å². The molecular weight excluding hydrogens is 214 g/mol. The summed E-state index contributed by atoms with van der Waals surface area (Å²) in [6.45, 7) is 4.40. The topological polar surface area (TPSA) is 52.3 Å². The van der Waals surface area contributed by atoms with Crippen molar-refractivity contribution in [3.8, 4) is 5.75 Å². The van der Waals surface area contributed by atoms with Crippen LogP contribution < -0.4 is 10.5 Å². The van der Waals surface area contributed by atoms with Crippen molar-refractivity contribution in [3.63, 3.8) is 0 Å². The minimum absolute atomic E-state index is 0.332. The maximum atomic E-state index is 11.1. The maximum Gasteiger partial charge on any atom is 0.252 e. The molecule has 0 aliphatic rings. The lowest BCUT2D eigenvalue weighted by atomic mass is 10.1. The summed E-state index contributed by atoms with van der Waals surface area (Å²) in [5.74, 6) is -0.0192. The van der Waals surface area contributed by atoms with Gasteiger partial charge in [-0.3, -0.25) is 4.79 Å². The third-order valence-electron chi connectivity index (χ3n) is 1.99. The van der Waals surface area contributed by atoms with Gasteiger partial charge in [0.1, 0.15) is 5.75 Å². The molecule has 4 heteroatoms. The number of carbonyl (C=O) groups is 1. The van der Waals surface area contributed by atoms with Crippen LogP contribution in [0, 0.1) is 6.92 Å². The Morgan fingerprint density at radius 2 is 2.20 bits per heavy atom. The van der Waals surface area contributed by atoms with Crippen LogP contribution in [0.15, 0.2) is 12.1 Å². The summed E-state index contributed by atoms with van der Waals surface area (Å²) in [6, 6.07) is 3.28. The third-order valence-corrected chi connectivity index (χ3v) is 2.40. The number of benzene rings is 1. The molecule has 1 amide bonds. The van der Waals surface area contributed by atoms with Gasteiger partial charge in [-0.2, -0.15) is 0 Å². The number of hydrogen-bond acceptors (Lipinski definition) is 2. The highest BCUT2D eigenvalue weighted by Gasteiger charge is 2.11. The maximum absolute atomic E-state index is 11.1. The van der Waals surface area contributed by atoms with E-state index >= 15 is 0 Å². The Balaban J connectivity index is 3.10. The Kier molecular flexibility index (Phi) is 3.97. The first kappa shape index (κ1) is 11.9. The zero-order chi connectivity index (χ0) is 11.4. The standard InChI is InChI=1S/C11H14ClNO2/c1-3-4-15-10-5-7(2)9(12)6-8(10)11(13)14/h5-6H,3-4H2,1-2H3,(H2,13,14). The molecule has 3 nitrogen and oxygen atoms in total. The third kappa shape index (κ3) is 2.86. The number of aryl methyl sites for hydroxylation is 1. The Hall–Kier alpha value is -1.22. The SMILES string of the molecule is CCCOc1cc(C)c(Cl)cc1C(N)=O. The zero-order valence-corrected chi connectivity index (χ0v) is 9.60. The summed E-state index contributed by atoms with van der Waals surface area (Å²) in [7, 11) is 0. The van der Waals surface area contributed by atoms with Crippen molar-refractivity contribution in [2.45, 2.75) is 20.3 Å². The summed E-state index contributed by atoms with van der Waals surface area (Å²) in [6.07, 6.45) is 0.875. The van der Waals surface area contributed by atoms with E-state index in [0.717, 1.165) is 12.0 Å². The van der Waals surface area contributed by atoms with Crippen molar-refractivity contribution in [3.05, 3.63) is 28.3 Å². The van der Waals surface area contributed by atoms with Crippen molar-refractivity contribution >= 4 is 17.5 Å². The van der Waals surface area contributed by atoms with Gasteiger partial charge >= 0.3 is 0 Å². The fourth-order valence-corrected chi connectivity index (χ4v) is 1.34. The van der Waals surface area contributed by atoms with Gasteiger partial charge in [-0.25, -0.2) is 0 Å². The molecule has 0 aliphatic carbocycles. The molecule has 0 saturated carbocycles. The molecule has 0 bridgehead atoms. The van der Waals surface area contributed by atoms with Gasteiger partial charge < -0.3 is 10.5 Å². The molecule has 0 fully saturated rings. The first-order valence-electron chi connectivity index (χ1n) is 4.79. The van der Waals surface area contributed by atoms with Gasteiger partial charge in [-0.05, 0) is 31.0 Å². The minimum Gasteiger partial charge on any atom is -0.493 e. The molecule has 0 unspecified atom stereocenters. The largest absolute Gasteiger partial charge is 0.493 e. The van der Waals surface area contributed by atoms with E-state index < -0.39 is 5.91 Å². The lowest BCUT2D eigenvalue weighted by Gasteiger charge is -2.10. The molecule has 0 spiro atoms. The van der Waals surface area contributed by atoms with Crippen LogP contribution in [-0.2, 0) is 0 Å². The second-order valence-corrected chi connectivity index (χ2v) is 3.72. The molecule has 15 heavy (non-hydrogen) atoms. The normalized spacial score (nSPS) is 10.1. The highest BCUT2D eigenvalue weighted by atomic mass is 35.5. The summed E-state index contributed by atoms with van der Waals surface area (Å²) in [4.78, 5) is 11.1. The lowest BCUT2D eigenvalue weighted by Crippen LogP contribution is -2.13. The number of rotatable bonds is 4. The predicted molar refractivity (Wildman–Crippen MR) is 60.5 cm³/mol. The van der Waals surface area contributed by atoms with Crippen molar-refractivity contribution in [2.24, 2.45) is 5.73 Å². The first-order valence-corrected chi connectivity index (χ1v) is 5.16. The predicted octanol–water partition coefficient (Wildman–Crippen LogP) is 2.54. The molecule has 1 rings (SSSR count). The number of ether oxygens (including phenoxy) is 1. The number of carbonyl (C=O) groups excluding carboxylic acids is 1. The van der Waals surface area contributed by atoms with Crippen LogP contribution in [0.1, 0.15) is 29.3 Å². The van der Waals surface area contributed by atoms with Gasteiger partial charge in [-0.1, -0.05) is 18.5 Å². The molecule has 0 aliphatic heterocycles. The molecule has 1 aromatic rings. The average molecular weight is 228 g/mol. The van der Waals surface area contributed by atoms with Crippen LogP contribution in [0.4, 0.5) is 0 Å². The Bertz CT molecular complexity index is 377. The molecule has 0 heterocycles. The molecule has 0 aromatic heterocycles. The Morgan fingerprint density at radius 3 is 2.73 bits per heavy atom. The lowest BCUT2D eigenvalue weighted by molar-refractivity contribution is 0.0996. The Morgan fingerprint density at radius 1 is 1.53 bits per heavy atom. The summed E-state index contributed by atoms with van der Waals surface area (Å²) >= 11 is 5.90. The highest BCUT2D eigenvalue weighted by molar-refractivity contribution is 6.31. The fourth-order valence-electron chi connectivity index (χ4n) is 1.18. The van der Waals surface area contributed by atoms with Crippen LogP contribution in [0.3, 0.4) is 0 Å². The van der Waals surface area contributed by atoms with E-state index in [1.165, 1.54) is 0 Å². The van der Waals surface area contributed by atoms with Crippen molar-refractivity contribution in [2.75, 3.05) is 6.61 Å². The van der Waals surface area contributed by atoms with E-state index in [4.69, 9.17) is 22.1 Å². The second-order valence-electron chi connectivity index (χ2n) is 3.31. The second kappa shape index (κ2) is 5.03. The van der Waals surface area contributed by atoms with Crippen LogP contribution in [0.5, 0.6) is 5.75 Å². The molecule has 82 valence electrons. The van der Waals surface area contributed by atoms with Crippen LogP contribution in [0.2, 0.25) is 5.02 Å². The molecule has 0 saturated heterocycles. The number of hydrogen-bond donors (Lipinski definition) is 1. The van der Waals surface area contributed by atoms with E-state index in [-0.39, 0.29) is 0 Å². The van der Waals surface area contributed by atoms with Crippen LogP contribution in [-0.4, -0.2) is 12.5 Å². The number of primary amides is 1. The van der Waals surface area contributed by atoms with Crippen molar-refractivity contribution in [1.29, 1.82) is 0 Å². The van der Waals surface area contributed by atoms with Crippen LogP contribution in [0.25, 0.3) is 0 Å². The quantitative estimate of drug-likeness (QED) is 0.860. The molecule has 2 N–H and O–H groups in total. The van der Waals surface area contributed by atoms with E-state index in [1.54, 1.807) is 12.1 Å². The monoisotopic (exact) mass is 227 g/mol. The Labute approximate surface area is 94.2 Å². The number of amides is 1. The van der Waals surface area contributed by atoms with Gasteiger partial charge in [0.05, 0.1) is 12.2 Å². The van der Waals surface area contributed by atoms with E-state index in [2.05, 4.69) is 0 Å². The molecule has 1 aromatic carbocycles. The first-order chi connectivity index (χ1) is 7.06. The van der Waals surface area contributed by atoms with Gasteiger partial charge in [-0.15, -0.1) is 0 Å². The van der Waals surface area contributed by atoms with Gasteiger partial charge in [0, 0.05) is 5.02 Å². The highest BCUT2D eigenvalue weighted by Crippen LogP contribution is 2.26. The van der Waals surface area contributed by atoms with Gasteiger partial charge in [0.2, 0.25) is 0 Å². The van der Waals surface area contributed by atoms with Gasteiger partial charge in [0.15, 0.2) is 0 Å². The summed E-state index contributed by atoms with van der Waals surface area (Å²) in [5, 5.41) is 0.521. The number of nitrogens with two attached hydrogens (primary N) is 1. The average Bonchev–Trinajstić information content (AvgIpc) is 2.19. The van der Waals surface area contributed by atoms with E-state index in [0.29, 0.717) is 22.9 Å². The zero-order valence-electron chi connectivity index (χ0n) is 8.84.